The number of piperidine rings is 1. The SMILES string of the molecule is C=CC(=O)Nc1cccc(-c2nc3nc(Nc4ccc(NC5CCN(C)CC5)cc4)ncc3c(=O)[nH]2)c1. The summed E-state index contributed by atoms with van der Waals surface area (Å²) in [5.74, 6) is 0.340. The Morgan fingerprint density at radius 2 is 1.84 bits per heavy atom. The van der Waals surface area contributed by atoms with E-state index >= 15 is 0 Å². The van der Waals surface area contributed by atoms with E-state index < -0.39 is 0 Å². The first kappa shape index (κ1) is 24.1. The molecule has 188 valence electrons. The van der Waals surface area contributed by atoms with E-state index in [9.17, 15) is 9.59 Å². The molecule has 10 nitrogen and oxygen atoms in total. The molecule has 1 aliphatic heterocycles. The quantitative estimate of drug-likeness (QED) is 0.285. The van der Waals surface area contributed by atoms with Gasteiger partial charge in [-0.15, -0.1) is 0 Å². The average Bonchev–Trinajstić information content (AvgIpc) is 2.91. The summed E-state index contributed by atoms with van der Waals surface area (Å²) in [6.45, 7) is 5.66. The number of amides is 1. The number of fused-ring (bicyclic) bond motifs is 1. The number of benzene rings is 2. The van der Waals surface area contributed by atoms with Gasteiger partial charge in [0.25, 0.3) is 5.56 Å². The number of hydrogen-bond acceptors (Lipinski definition) is 8. The molecule has 2 aromatic carbocycles. The second kappa shape index (κ2) is 10.6. The van der Waals surface area contributed by atoms with Gasteiger partial charge in [0.2, 0.25) is 11.9 Å². The Kier molecular flexibility index (Phi) is 6.91. The van der Waals surface area contributed by atoms with Gasteiger partial charge in [0.1, 0.15) is 11.2 Å². The molecule has 1 fully saturated rings. The molecule has 1 saturated heterocycles. The summed E-state index contributed by atoms with van der Waals surface area (Å²) in [7, 11) is 2.15. The molecule has 0 bridgehead atoms. The van der Waals surface area contributed by atoms with E-state index in [1.807, 2.05) is 24.3 Å². The van der Waals surface area contributed by atoms with Crippen molar-refractivity contribution < 1.29 is 4.79 Å². The molecule has 0 saturated carbocycles. The minimum absolute atomic E-state index is 0.261. The number of aromatic amines is 1. The Morgan fingerprint density at radius 1 is 1.08 bits per heavy atom. The van der Waals surface area contributed by atoms with E-state index in [1.54, 1.807) is 24.3 Å². The van der Waals surface area contributed by atoms with Gasteiger partial charge < -0.3 is 25.8 Å². The predicted octanol–water partition coefficient (Wildman–Crippen LogP) is 3.75. The third-order valence-electron chi connectivity index (χ3n) is 6.28. The van der Waals surface area contributed by atoms with Crippen molar-refractivity contribution in [2.45, 2.75) is 18.9 Å². The van der Waals surface area contributed by atoms with Gasteiger partial charge in [-0.05, 0) is 75.5 Å². The van der Waals surface area contributed by atoms with Gasteiger partial charge in [-0.25, -0.2) is 9.97 Å². The topological polar surface area (TPSA) is 128 Å². The third kappa shape index (κ3) is 5.81. The maximum Gasteiger partial charge on any atom is 0.262 e. The lowest BCUT2D eigenvalue weighted by Gasteiger charge is -2.30. The smallest absolute Gasteiger partial charge is 0.262 e. The van der Waals surface area contributed by atoms with Crippen molar-refractivity contribution in [3.8, 4) is 11.4 Å². The van der Waals surface area contributed by atoms with Crippen LogP contribution in [-0.4, -0.2) is 56.9 Å². The second-order valence-corrected chi connectivity index (χ2v) is 9.04. The van der Waals surface area contributed by atoms with Crippen LogP contribution in [0.3, 0.4) is 0 Å². The largest absolute Gasteiger partial charge is 0.382 e. The van der Waals surface area contributed by atoms with Crippen LogP contribution in [-0.2, 0) is 4.79 Å². The highest BCUT2D eigenvalue weighted by Gasteiger charge is 2.16. The van der Waals surface area contributed by atoms with Crippen molar-refractivity contribution in [1.82, 2.24) is 24.8 Å². The van der Waals surface area contributed by atoms with Crippen LogP contribution in [0.5, 0.6) is 0 Å². The Bertz CT molecular complexity index is 1490. The lowest BCUT2D eigenvalue weighted by molar-refractivity contribution is -0.111. The average molecular weight is 497 g/mol. The Hall–Kier alpha value is -4.57. The number of rotatable bonds is 7. The fourth-order valence-corrected chi connectivity index (χ4v) is 4.23. The van der Waals surface area contributed by atoms with Crippen molar-refractivity contribution in [2.75, 3.05) is 36.1 Å². The Morgan fingerprint density at radius 3 is 2.59 bits per heavy atom. The number of nitrogens with zero attached hydrogens (tertiary/aromatic N) is 4. The maximum atomic E-state index is 12.7. The summed E-state index contributed by atoms with van der Waals surface area (Å²) in [5, 5.41) is 9.76. The zero-order valence-corrected chi connectivity index (χ0v) is 20.5. The molecule has 3 heterocycles. The standard InChI is InChI=1S/C27H28N8O2/c1-3-23(36)30-21-6-4-5-17(15-21)24-32-25-22(26(37)33-24)16-28-27(34-25)31-19-9-7-18(8-10-19)29-20-11-13-35(2)14-12-20/h3-10,15-16,20,29H,1,11-14H2,2H3,(H,30,36)(H2,28,31,32,33,34,37). The van der Waals surface area contributed by atoms with Crippen molar-refractivity contribution in [3.05, 3.63) is 77.7 Å². The Labute approximate surface area is 213 Å². The van der Waals surface area contributed by atoms with E-state index in [0.29, 0.717) is 29.1 Å². The first-order valence-electron chi connectivity index (χ1n) is 12.1. The van der Waals surface area contributed by atoms with E-state index in [1.165, 1.54) is 12.3 Å². The van der Waals surface area contributed by atoms with Crippen LogP contribution in [0, 0.1) is 0 Å². The molecular formula is C27H28N8O2. The van der Waals surface area contributed by atoms with Crippen LogP contribution in [0.2, 0.25) is 0 Å². The minimum atomic E-state index is -0.351. The normalized spacial score (nSPS) is 14.3. The highest BCUT2D eigenvalue weighted by Crippen LogP contribution is 2.22. The fraction of sp³-hybridized carbons (Fsp3) is 0.222. The first-order valence-corrected chi connectivity index (χ1v) is 12.1. The summed E-state index contributed by atoms with van der Waals surface area (Å²) in [6, 6.07) is 15.5. The van der Waals surface area contributed by atoms with Crippen LogP contribution >= 0.6 is 0 Å². The van der Waals surface area contributed by atoms with E-state index in [0.717, 1.165) is 37.3 Å². The summed E-state index contributed by atoms with van der Waals surface area (Å²) >= 11 is 0. The number of aromatic nitrogens is 4. The van der Waals surface area contributed by atoms with Crippen LogP contribution in [0.4, 0.5) is 23.0 Å². The molecular weight excluding hydrogens is 468 g/mol. The molecule has 0 spiro atoms. The molecule has 4 aromatic rings. The van der Waals surface area contributed by atoms with Gasteiger partial charge in [-0.2, -0.15) is 4.98 Å². The highest BCUT2D eigenvalue weighted by atomic mass is 16.1. The molecule has 5 rings (SSSR count). The van der Waals surface area contributed by atoms with Gasteiger partial charge in [0, 0.05) is 34.9 Å². The van der Waals surface area contributed by atoms with Crippen LogP contribution < -0.4 is 21.5 Å². The molecule has 0 aliphatic carbocycles. The first-order chi connectivity index (χ1) is 18.0. The molecule has 1 aliphatic rings. The van der Waals surface area contributed by atoms with Gasteiger partial charge in [0.15, 0.2) is 5.65 Å². The molecule has 1 amide bonds. The van der Waals surface area contributed by atoms with Gasteiger partial charge in [-0.3, -0.25) is 9.59 Å². The van der Waals surface area contributed by atoms with Gasteiger partial charge in [-0.1, -0.05) is 18.7 Å². The highest BCUT2D eigenvalue weighted by molar-refractivity contribution is 5.99. The molecule has 0 radical (unpaired) electrons. The van der Waals surface area contributed by atoms with Crippen LogP contribution in [0.1, 0.15) is 12.8 Å². The lowest BCUT2D eigenvalue weighted by Crippen LogP contribution is -2.36. The number of anilines is 4. The number of H-pyrrole nitrogens is 1. The minimum Gasteiger partial charge on any atom is -0.382 e. The number of carbonyl (C=O) groups excluding carboxylic acids is 1. The molecule has 10 heteroatoms. The molecule has 4 N–H and O–H groups in total. The molecule has 0 atom stereocenters. The van der Waals surface area contributed by atoms with Crippen LogP contribution in [0.15, 0.2) is 72.2 Å². The number of carbonyl (C=O) groups is 1. The zero-order chi connectivity index (χ0) is 25.8. The van der Waals surface area contributed by atoms with Crippen molar-refractivity contribution in [1.29, 1.82) is 0 Å². The predicted molar refractivity (Wildman–Crippen MR) is 146 cm³/mol. The van der Waals surface area contributed by atoms with Gasteiger partial charge >= 0.3 is 0 Å². The third-order valence-corrected chi connectivity index (χ3v) is 6.28. The van der Waals surface area contributed by atoms with Crippen molar-refractivity contribution >= 4 is 40.0 Å². The van der Waals surface area contributed by atoms with E-state index in [2.05, 4.69) is 54.4 Å². The second-order valence-electron chi connectivity index (χ2n) is 9.04. The van der Waals surface area contributed by atoms with Crippen molar-refractivity contribution in [2.24, 2.45) is 0 Å². The van der Waals surface area contributed by atoms with E-state index in [4.69, 9.17) is 0 Å². The van der Waals surface area contributed by atoms with Gasteiger partial charge in [0.05, 0.1) is 0 Å². The summed E-state index contributed by atoms with van der Waals surface area (Å²) < 4.78 is 0. The summed E-state index contributed by atoms with van der Waals surface area (Å²) in [5.41, 5.74) is 2.99. The molecule has 2 aromatic heterocycles. The summed E-state index contributed by atoms with van der Waals surface area (Å²) in [6.07, 6.45) is 4.90. The summed E-state index contributed by atoms with van der Waals surface area (Å²) in [4.78, 5) is 42.7. The van der Waals surface area contributed by atoms with Crippen LogP contribution in [0.25, 0.3) is 22.4 Å². The number of nitrogens with one attached hydrogen (secondary N) is 4. The lowest BCUT2D eigenvalue weighted by atomic mass is 10.1. The molecule has 37 heavy (non-hydrogen) atoms. The Balaban J connectivity index is 1.33. The number of hydrogen-bond donors (Lipinski definition) is 4. The van der Waals surface area contributed by atoms with Crippen molar-refractivity contribution in [3.63, 3.8) is 0 Å². The monoisotopic (exact) mass is 496 g/mol. The molecule has 0 unspecified atom stereocenters. The van der Waals surface area contributed by atoms with E-state index in [-0.39, 0.29) is 22.5 Å². The fourth-order valence-electron chi connectivity index (χ4n) is 4.23. The zero-order valence-electron chi connectivity index (χ0n) is 20.5. The maximum absolute atomic E-state index is 12.7. The number of likely N-dealkylation sites (tertiary alicyclic amines) is 1.